The van der Waals surface area contributed by atoms with E-state index in [4.69, 9.17) is 0 Å². The fourth-order valence-corrected chi connectivity index (χ4v) is 5.06. The first kappa shape index (κ1) is 14.9. The zero-order valence-electron chi connectivity index (χ0n) is 14.2. The van der Waals surface area contributed by atoms with Gasteiger partial charge in [-0.15, -0.1) is 0 Å². The molecule has 1 aromatic heterocycles. The average Bonchev–Trinajstić information content (AvgIpc) is 3.24. The lowest BCUT2D eigenvalue weighted by molar-refractivity contribution is -0.120. The van der Waals surface area contributed by atoms with Crippen LogP contribution >= 0.6 is 0 Å². The minimum Gasteiger partial charge on any atom is -0.350 e. The summed E-state index contributed by atoms with van der Waals surface area (Å²) in [7, 11) is 0. The number of aromatic nitrogens is 2. The van der Waals surface area contributed by atoms with Gasteiger partial charge in [0.15, 0.2) is 0 Å². The van der Waals surface area contributed by atoms with Gasteiger partial charge in [-0.3, -0.25) is 4.79 Å². The predicted molar refractivity (Wildman–Crippen MR) is 92.7 cm³/mol. The van der Waals surface area contributed by atoms with Crippen LogP contribution in [0.5, 0.6) is 0 Å². The van der Waals surface area contributed by atoms with Gasteiger partial charge in [-0.1, -0.05) is 12.5 Å². The van der Waals surface area contributed by atoms with Gasteiger partial charge in [0.25, 0.3) is 0 Å². The fourth-order valence-electron chi connectivity index (χ4n) is 5.06. The summed E-state index contributed by atoms with van der Waals surface area (Å²) in [5, 5.41) is 7.84. The zero-order valence-corrected chi connectivity index (χ0v) is 14.2. The van der Waals surface area contributed by atoms with Crippen LogP contribution < -0.4 is 5.32 Å². The van der Waals surface area contributed by atoms with Crippen molar-refractivity contribution in [3.63, 3.8) is 0 Å². The first-order chi connectivity index (χ1) is 12.0. The van der Waals surface area contributed by atoms with Gasteiger partial charge in [-0.2, -0.15) is 5.10 Å². The molecular weight excluding hydrogens is 317 g/mol. The number of halogens is 1. The van der Waals surface area contributed by atoms with E-state index in [0.29, 0.717) is 6.42 Å². The van der Waals surface area contributed by atoms with Crippen LogP contribution in [0.25, 0.3) is 11.8 Å². The Morgan fingerprint density at radius 1 is 1.20 bits per heavy atom. The number of hydrogen-bond acceptors (Lipinski definition) is 2. The molecule has 1 saturated carbocycles. The fraction of sp³-hybridized carbons (Fsp3) is 0.400. The summed E-state index contributed by atoms with van der Waals surface area (Å²) < 4.78 is 15.1. The summed E-state index contributed by atoms with van der Waals surface area (Å²) >= 11 is 0. The number of carbonyl (C=O) groups excluding carboxylic acids is 1. The van der Waals surface area contributed by atoms with E-state index in [1.54, 1.807) is 12.1 Å². The van der Waals surface area contributed by atoms with Crippen LogP contribution in [0.3, 0.4) is 0 Å². The molecule has 2 heterocycles. The van der Waals surface area contributed by atoms with Crippen LogP contribution in [0, 0.1) is 11.2 Å². The maximum Gasteiger partial charge on any atom is 0.220 e. The van der Waals surface area contributed by atoms with Crippen molar-refractivity contribution in [2.45, 2.75) is 44.6 Å². The third-order valence-corrected chi connectivity index (χ3v) is 6.56. The molecule has 1 aliphatic heterocycles. The van der Waals surface area contributed by atoms with Crippen molar-refractivity contribution in [3.05, 3.63) is 53.1 Å². The predicted octanol–water partition coefficient (Wildman–Crippen LogP) is 3.40. The lowest BCUT2D eigenvalue weighted by Crippen LogP contribution is -2.53. The molecule has 1 amide bonds. The van der Waals surface area contributed by atoms with Crippen molar-refractivity contribution < 1.29 is 9.18 Å². The molecule has 2 atom stereocenters. The van der Waals surface area contributed by atoms with Crippen LogP contribution in [0.1, 0.15) is 43.9 Å². The Kier molecular flexibility index (Phi) is 2.86. The normalized spacial score (nSPS) is 30.2. The minimum absolute atomic E-state index is 0.0389. The molecule has 5 heteroatoms. The maximum atomic E-state index is 13.2. The highest BCUT2D eigenvalue weighted by Gasteiger charge is 2.58. The second-order valence-corrected chi connectivity index (χ2v) is 7.75. The van der Waals surface area contributed by atoms with Gasteiger partial charge in [-0.25, -0.2) is 9.07 Å². The molecule has 2 aromatic rings. The highest BCUT2D eigenvalue weighted by Crippen LogP contribution is 2.58. The van der Waals surface area contributed by atoms with Gasteiger partial charge in [0.05, 0.1) is 23.1 Å². The van der Waals surface area contributed by atoms with Crippen LogP contribution in [0.2, 0.25) is 0 Å². The Morgan fingerprint density at radius 3 is 2.68 bits per heavy atom. The summed E-state index contributed by atoms with van der Waals surface area (Å²) in [6.45, 7) is 2.29. The van der Waals surface area contributed by atoms with Gasteiger partial charge in [-0.05, 0) is 61.6 Å². The van der Waals surface area contributed by atoms with Crippen molar-refractivity contribution in [2.24, 2.45) is 5.41 Å². The van der Waals surface area contributed by atoms with Crippen LogP contribution in [-0.2, 0) is 11.2 Å². The van der Waals surface area contributed by atoms with E-state index >= 15 is 0 Å². The maximum absolute atomic E-state index is 13.2. The highest BCUT2D eigenvalue weighted by atomic mass is 19.1. The third kappa shape index (κ3) is 1.92. The number of hydrogen-bond donors (Lipinski definition) is 1. The van der Waals surface area contributed by atoms with Crippen LogP contribution in [-0.4, -0.2) is 21.2 Å². The summed E-state index contributed by atoms with van der Waals surface area (Å²) in [5.41, 5.74) is 4.39. The number of nitrogens with one attached hydrogen (secondary N) is 1. The molecule has 1 saturated heterocycles. The van der Waals surface area contributed by atoms with E-state index in [-0.39, 0.29) is 22.7 Å². The summed E-state index contributed by atoms with van der Waals surface area (Å²) in [6, 6.07) is 6.43. The summed E-state index contributed by atoms with van der Waals surface area (Å²) in [6.07, 6.45) is 8.61. The smallest absolute Gasteiger partial charge is 0.220 e. The monoisotopic (exact) mass is 337 g/mol. The Hall–Kier alpha value is -2.43. The number of fused-ring (bicyclic) bond motifs is 3. The van der Waals surface area contributed by atoms with E-state index in [1.165, 1.54) is 23.3 Å². The second kappa shape index (κ2) is 4.81. The Labute approximate surface area is 145 Å². The number of benzene rings is 1. The van der Waals surface area contributed by atoms with Crippen molar-refractivity contribution in [1.29, 1.82) is 0 Å². The summed E-state index contributed by atoms with van der Waals surface area (Å²) in [4.78, 5) is 11.9. The van der Waals surface area contributed by atoms with Gasteiger partial charge in [0, 0.05) is 11.8 Å². The topological polar surface area (TPSA) is 46.9 Å². The van der Waals surface area contributed by atoms with Crippen molar-refractivity contribution in [1.82, 2.24) is 15.1 Å². The molecule has 3 aliphatic rings. The molecular formula is C20H20FN3O. The van der Waals surface area contributed by atoms with E-state index in [0.717, 1.165) is 37.1 Å². The molecule has 0 radical (unpaired) electrons. The molecule has 128 valence electrons. The molecule has 2 fully saturated rings. The Balaban J connectivity index is 1.59. The van der Waals surface area contributed by atoms with Gasteiger partial charge in [0.2, 0.25) is 5.91 Å². The molecule has 5 rings (SSSR count). The Morgan fingerprint density at radius 2 is 1.96 bits per heavy atom. The number of amides is 1. The van der Waals surface area contributed by atoms with E-state index in [2.05, 4.69) is 23.4 Å². The Bertz CT molecular complexity index is 914. The van der Waals surface area contributed by atoms with E-state index < -0.39 is 0 Å². The first-order valence-electron chi connectivity index (χ1n) is 8.86. The van der Waals surface area contributed by atoms with Gasteiger partial charge < -0.3 is 5.32 Å². The highest BCUT2D eigenvalue weighted by molar-refractivity contribution is 5.80. The van der Waals surface area contributed by atoms with Gasteiger partial charge in [0.1, 0.15) is 5.82 Å². The van der Waals surface area contributed by atoms with E-state index in [9.17, 15) is 9.18 Å². The van der Waals surface area contributed by atoms with E-state index in [1.807, 2.05) is 10.9 Å². The third-order valence-electron chi connectivity index (χ3n) is 6.56. The standard InChI is InChI=1S/C20H20FN3O/c1-19-11-13-12-22-24(16-4-2-15(21)3-5-16)17(13)10-14(19)6-8-20(19)9-7-18(25)23-20/h2-5,10,12H,6-9,11H2,1H3,(H,23,25)/t19-,20+/m0/s1. The molecule has 1 N–H and O–H groups in total. The molecule has 1 spiro atoms. The molecule has 0 bridgehead atoms. The van der Waals surface area contributed by atoms with Crippen molar-refractivity contribution in [3.8, 4) is 5.69 Å². The zero-order chi connectivity index (χ0) is 17.2. The van der Waals surface area contributed by atoms with Crippen LogP contribution in [0.4, 0.5) is 4.39 Å². The minimum atomic E-state index is -0.245. The number of carbonyl (C=O) groups is 1. The molecule has 0 unspecified atom stereocenters. The average molecular weight is 337 g/mol. The molecule has 1 aromatic carbocycles. The molecule has 2 aliphatic carbocycles. The SMILES string of the molecule is C[C@]12Cc3cnn(-c4ccc(F)cc4)c3C=C1CC[C@@]21CCC(=O)N1. The summed E-state index contributed by atoms with van der Waals surface area (Å²) in [5.74, 6) is -0.0688. The molecule has 4 nitrogen and oxygen atoms in total. The van der Waals surface area contributed by atoms with Crippen LogP contribution in [0.15, 0.2) is 36.0 Å². The van der Waals surface area contributed by atoms with Gasteiger partial charge >= 0.3 is 0 Å². The number of rotatable bonds is 1. The second-order valence-electron chi connectivity index (χ2n) is 7.75. The van der Waals surface area contributed by atoms with Crippen molar-refractivity contribution in [2.75, 3.05) is 0 Å². The lowest BCUT2D eigenvalue weighted by Gasteiger charge is -2.43. The lowest BCUT2D eigenvalue weighted by atomic mass is 9.65. The quantitative estimate of drug-likeness (QED) is 0.867. The number of nitrogens with zero attached hydrogens (tertiary/aromatic N) is 2. The largest absolute Gasteiger partial charge is 0.350 e. The molecule has 25 heavy (non-hydrogen) atoms. The van der Waals surface area contributed by atoms with Crippen molar-refractivity contribution >= 4 is 12.0 Å². The first-order valence-corrected chi connectivity index (χ1v) is 8.86.